The molecule has 1 aromatic carbocycles. The Hall–Kier alpha value is -1.12. The van der Waals surface area contributed by atoms with Gasteiger partial charge in [-0.3, -0.25) is 4.90 Å². The highest BCUT2D eigenvalue weighted by atomic mass is 79.9. The number of hydrogen-bond donors (Lipinski definition) is 1. The lowest BCUT2D eigenvalue weighted by atomic mass is 10.4. The van der Waals surface area contributed by atoms with Gasteiger partial charge in [-0.1, -0.05) is 18.2 Å². The molecule has 1 aliphatic rings. The third kappa shape index (κ3) is 3.38. The molecule has 6 nitrogen and oxygen atoms in total. The standard InChI is InChI=1S/C13H18BrN3O3S/c1-2-15-21(20,11-6-4-3-5-7-11)12-10-16(14)8-9-17(12)13(18)19/h3-7,12H,2,8-10H2,1H3,(H,18,19). The van der Waals surface area contributed by atoms with Crippen LogP contribution in [0.4, 0.5) is 4.79 Å². The summed E-state index contributed by atoms with van der Waals surface area (Å²) in [6, 6.07) is 8.91. The predicted octanol–water partition coefficient (Wildman–Crippen LogP) is 2.46. The average molecular weight is 376 g/mol. The van der Waals surface area contributed by atoms with Crippen LogP contribution in [0.15, 0.2) is 39.6 Å². The Kier molecular flexibility index (Phi) is 5.23. The lowest BCUT2D eigenvalue weighted by Gasteiger charge is -2.38. The predicted molar refractivity (Wildman–Crippen MR) is 84.8 cm³/mol. The molecule has 1 fully saturated rings. The maximum absolute atomic E-state index is 13.5. The number of rotatable bonds is 3. The van der Waals surface area contributed by atoms with Gasteiger partial charge in [0.15, 0.2) is 0 Å². The number of amides is 1. The second-order valence-corrected chi connectivity index (χ2v) is 8.04. The SMILES string of the molecule is CCN=S(=O)(c1ccccc1)C1CN(Br)CCN1C(=O)O. The van der Waals surface area contributed by atoms with Gasteiger partial charge in [-0.25, -0.2) is 17.3 Å². The summed E-state index contributed by atoms with van der Waals surface area (Å²) in [6.07, 6.45) is -1.06. The van der Waals surface area contributed by atoms with Crippen LogP contribution in [0.1, 0.15) is 6.92 Å². The third-order valence-corrected chi connectivity index (χ3v) is 6.68. The van der Waals surface area contributed by atoms with Crippen LogP contribution in [0, 0.1) is 0 Å². The maximum Gasteiger partial charge on any atom is 0.408 e. The molecule has 2 unspecified atom stereocenters. The normalized spacial score (nSPS) is 22.6. The van der Waals surface area contributed by atoms with Crippen LogP contribution in [-0.4, -0.2) is 55.8 Å². The summed E-state index contributed by atoms with van der Waals surface area (Å²) < 4.78 is 19.6. The van der Waals surface area contributed by atoms with Gasteiger partial charge in [0.25, 0.3) is 0 Å². The molecule has 2 rings (SSSR count). The highest BCUT2D eigenvalue weighted by Gasteiger charge is 2.38. The molecule has 0 saturated carbocycles. The van der Waals surface area contributed by atoms with E-state index in [-0.39, 0.29) is 0 Å². The van der Waals surface area contributed by atoms with Crippen molar-refractivity contribution in [3.8, 4) is 0 Å². The minimum absolute atomic E-state index is 0.300. The third-order valence-electron chi connectivity index (χ3n) is 3.30. The second-order valence-electron chi connectivity index (χ2n) is 4.63. The molecule has 21 heavy (non-hydrogen) atoms. The Morgan fingerprint density at radius 2 is 2.10 bits per heavy atom. The van der Waals surface area contributed by atoms with E-state index in [0.717, 1.165) is 0 Å². The molecule has 8 heteroatoms. The lowest BCUT2D eigenvalue weighted by Crippen LogP contribution is -2.55. The first kappa shape index (κ1) is 16.3. The van der Waals surface area contributed by atoms with Crippen molar-refractivity contribution >= 4 is 32.0 Å². The zero-order chi connectivity index (χ0) is 15.5. The van der Waals surface area contributed by atoms with Crippen molar-refractivity contribution < 1.29 is 14.1 Å². The Bertz CT molecular complexity index is 616. The van der Waals surface area contributed by atoms with E-state index >= 15 is 0 Å². The van der Waals surface area contributed by atoms with Gasteiger partial charge >= 0.3 is 6.09 Å². The molecule has 1 saturated heterocycles. The summed E-state index contributed by atoms with van der Waals surface area (Å²) >= 11 is 3.37. The molecule has 1 aliphatic heterocycles. The van der Waals surface area contributed by atoms with Gasteiger partial charge in [0, 0.05) is 47.2 Å². The fourth-order valence-electron chi connectivity index (χ4n) is 2.34. The van der Waals surface area contributed by atoms with Crippen LogP contribution in [0.3, 0.4) is 0 Å². The van der Waals surface area contributed by atoms with Crippen molar-refractivity contribution in [1.82, 2.24) is 8.83 Å². The highest BCUT2D eigenvalue weighted by molar-refractivity contribution is 9.07. The number of hydrogen-bond acceptors (Lipinski definition) is 4. The molecule has 116 valence electrons. The van der Waals surface area contributed by atoms with Gasteiger partial charge in [-0.05, 0) is 19.1 Å². The summed E-state index contributed by atoms with van der Waals surface area (Å²) in [7, 11) is -2.85. The first-order valence-corrected chi connectivity index (χ1v) is 8.95. The van der Waals surface area contributed by atoms with Crippen LogP contribution in [0.2, 0.25) is 0 Å². The molecular formula is C13H18BrN3O3S. The number of piperazine rings is 1. The van der Waals surface area contributed by atoms with Crippen LogP contribution in [-0.2, 0) is 9.73 Å². The van der Waals surface area contributed by atoms with Crippen LogP contribution in [0.25, 0.3) is 0 Å². The second kappa shape index (κ2) is 6.76. The number of halogens is 1. The van der Waals surface area contributed by atoms with Gasteiger partial charge < -0.3 is 5.11 Å². The van der Waals surface area contributed by atoms with E-state index in [1.165, 1.54) is 4.90 Å². The van der Waals surface area contributed by atoms with Gasteiger partial charge in [0.05, 0.1) is 9.73 Å². The molecule has 1 N–H and O–H groups in total. The fraction of sp³-hybridized carbons (Fsp3) is 0.462. The molecule has 2 atom stereocenters. The number of benzene rings is 1. The lowest BCUT2D eigenvalue weighted by molar-refractivity contribution is 0.120. The smallest absolute Gasteiger partial charge is 0.408 e. The van der Waals surface area contributed by atoms with E-state index < -0.39 is 21.2 Å². The highest BCUT2D eigenvalue weighted by Crippen LogP contribution is 2.26. The van der Waals surface area contributed by atoms with Crippen molar-refractivity contribution in [2.45, 2.75) is 17.2 Å². The van der Waals surface area contributed by atoms with E-state index in [1.54, 1.807) is 24.3 Å². The first-order chi connectivity index (χ1) is 9.99. The summed E-state index contributed by atoms with van der Waals surface area (Å²) in [5, 5.41) is 8.71. The minimum Gasteiger partial charge on any atom is -0.465 e. The molecule has 0 radical (unpaired) electrons. The molecule has 0 bridgehead atoms. The van der Waals surface area contributed by atoms with Crippen molar-refractivity contribution in [3.63, 3.8) is 0 Å². The quantitative estimate of drug-likeness (QED) is 0.823. The monoisotopic (exact) mass is 375 g/mol. The Morgan fingerprint density at radius 1 is 1.43 bits per heavy atom. The largest absolute Gasteiger partial charge is 0.465 e. The van der Waals surface area contributed by atoms with Gasteiger partial charge in [-0.2, -0.15) is 0 Å². The minimum atomic E-state index is -2.85. The fourth-order valence-corrected chi connectivity index (χ4v) is 5.45. The van der Waals surface area contributed by atoms with Gasteiger partial charge in [-0.15, -0.1) is 0 Å². The molecule has 0 aliphatic carbocycles. The maximum atomic E-state index is 13.5. The summed E-state index contributed by atoms with van der Waals surface area (Å²) in [4.78, 5) is 13.3. The Balaban J connectivity index is 2.52. The zero-order valence-corrected chi connectivity index (χ0v) is 14.1. The Labute approximate surface area is 133 Å². The number of carboxylic acid groups (broad SMARTS) is 1. The molecule has 1 heterocycles. The topological polar surface area (TPSA) is 73.2 Å². The van der Waals surface area contributed by atoms with E-state index in [0.29, 0.717) is 31.1 Å². The van der Waals surface area contributed by atoms with Gasteiger partial charge in [0.1, 0.15) is 5.37 Å². The zero-order valence-electron chi connectivity index (χ0n) is 11.7. The molecular weight excluding hydrogens is 358 g/mol. The van der Waals surface area contributed by atoms with E-state index in [2.05, 4.69) is 20.5 Å². The molecule has 0 aromatic heterocycles. The van der Waals surface area contributed by atoms with E-state index in [4.69, 9.17) is 0 Å². The summed E-state index contributed by atoms with van der Waals surface area (Å²) in [5.74, 6) is 0. The van der Waals surface area contributed by atoms with Crippen molar-refractivity contribution in [2.75, 3.05) is 26.2 Å². The first-order valence-electron chi connectivity index (χ1n) is 6.66. The molecule has 1 amide bonds. The van der Waals surface area contributed by atoms with E-state index in [9.17, 15) is 14.1 Å². The summed E-state index contributed by atoms with van der Waals surface area (Å²) in [5.41, 5.74) is 0. The van der Waals surface area contributed by atoms with E-state index in [1.807, 2.05) is 16.9 Å². The average Bonchev–Trinajstić information content (AvgIpc) is 2.48. The van der Waals surface area contributed by atoms with Crippen LogP contribution in [0.5, 0.6) is 0 Å². The van der Waals surface area contributed by atoms with Crippen molar-refractivity contribution in [1.29, 1.82) is 0 Å². The van der Waals surface area contributed by atoms with Crippen LogP contribution < -0.4 is 0 Å². The Morgan fingerprint density at radius 3 is 2.67 bits per heavy atom. The molecule has 0 spiro atoms. The van der Waals surface area contributed by atoms with Crippen molar-refractivity contribution in [3.05, 3.63) is 30.3 Å². The van der Waals surface area contributed by atoms with Gasteiger partial charge in [0.2, 0.25) is 0 Å². The number of nitrogens with zero attached hydrogens (tertiary/aromatic N) is 3. The number of carbonyl (C=O) groups is 1. The van der Waals surface area contributed by atoms with Crippen LogP contribution >= 0.6 is 16.1 Å². The summed E-state index contributed by atoms with van der Waals surface area (Å²) in [6.45, 7) is 3.37. The van der Waals surface area contributed by atoms with Crippen molar-refractivity contribution in [2.24, 2.45) is 4.36 Å². The molecule has 1 aromatic rings.